The zero-order chi connectivity index (χ0) is 14.9. The van der Waals surface area contributed by atoms with E-state index in [9.17, 15) is 4.79 Å². The van der Waals surface area contributed by atoms with Crippen molar-refractivity contribution in [2.45, 2.75) is 25.3 Å². The second-order valence-corrected chi connectivity index (χ2v) is 5.54. The molecule has 0 saturated heterocycles. The fourth-order valence-electron chi connectivity index (χ4n) is 3.04. The molecule has 3 heteroatoms. The number of carbonyl (C=O) groups excluding carboxylic acids is 1. The Kier molecular flexibility index (Phi) is 3.52. The lowest BCUT2D eigenvalue weighted by molar-refractivity contribution is -0.149. The number of hydrogen-bond donors (Lipinski definition) is 1. The zero-order valence-corrected chi connectivity index (χ0v) is 12.1. The first-order valence-corrected chi connectivity index (χ1v) is 7.26. The largest absolute Gasteiger partial charge is 0.465 e. The molecule has 1 aliphatic rings. The summed E-state index contributed by atoms with van der Waals surface area (Å²) in [5.41, 5.74) is 9.95. The predicted octanol–water partition coefficient (Wildman–Crippen LogP) is 2.71. The van der Waals surface area contributed by atoms with Crippen LogP contribution in [-0.4, -0.2) is 18.1 Å². The van der Waals surface area contributed by atoms with Gasteiger partial charge in [0, 0.05) is 12.8 Å². The van der Waals surface area contributed by atoms with Gasteiger partial charge in [-0.25, -0.2) is 0 Å². The van der Waals surface area contributed by atoms with Crippen LogP contribution in [0.4, 0.5) is 0 Å². The molecule has 0 amide bonds. The molecule has 0 fully saturated rings. The van der Waals surface area contributed by atoms with Crippen LogP contribution in [0.1, 0.15) is 18.1 Å². The van der Waals surface area contributed by atoms with Gasteiger partial charge < -0.3 is 10.5 Å². The molecule has 0 heterocycles. The summed E-state index contributed by atoms with van der Waals surface area (Å²) in [6, 6.07) is 16.3. The van der Waals surface area contributed by atoms with E-state index in [1.807, 2.05) is 36.4 Å². The maximum atomic E-state index is 12.3. The van der Waals surface area contributed by atoms with E-state index in [0.717, 1.165) is 22.3 Å². The molecule has 2 aromatic carbocycles. The quantitative estimate of drug-likeness (QED) is 0.861. The van der Waals surface area contributed by atoms with E-state index in [1.54, 1.807) is 6.92 Å². The lowest BCUT2D eigenvalue weighted by Gasteiger charge is -2.26. The first-order chi connectivity index (χ1) is 10.1. The first kappa shape index (κ1) is 13.8. The Labute approximate surface area is 124 Å². The zero-order valence-electron chi connectivity index (χ0n) is 12.1. The van der Waals surface area contributed by atoms with E-state index in [-0.39, 0.29) is 5.97 Å². The van der Waals surface area contributed by atoms with Crippen LogP contribution in [0, 0.1) is 0 Å². The van der Waals surface area contributed by atoms with Crippen LogP contribution in [0.5, 0.6) is 0 Å². The normalized spacial score (nSPS) is 15.5. The van der Waals surface area contributed by atoms with Gasteiger partial charge in [0.2, 0.25) is 0 Å². The monoisotopic (exact) mass is 281 g/mol. The van der Waals surface area contributed by atoms with E-state index in [1.165, 1.54) is 0 Å². The maximum Gasteiger partial charge on any atom is 0.326 e. The average Bonchev–Trinajstić information content (AvgIpc) is 2.61. The van der Waals surface area contributed by atoms with E-state index in [0.29, 0.717) is 19.4 Å². The van der Waals surface area contributed by atoms with E-state index >= 15 is 0 Å². The second-order valence-electron chi connectivity index (χ2n) is 5.54. The van der Waals surface area contributed by atoms with Crippen LogP contribution in [0.25, 0.3) is 11.1 Å². The van der Waals surface area contributed by atoms with Gasteiger partial charge in [0.1, 0.15) is 5.54 Å². The van der Waals surface area contributed by atoms with Crippen molar-refractivity contribution in [2.24, 2.45) is 5.73 Å². The van der Waals surface area contributed by atoms with Crippen molar-refractivity contribution in [1.82, 2.24) is 0 Å². The molecule has 2 N–H and O–H groups in total. The molecule has 1 aliphatic carbocycles. The van der Waals surface area contributed by atoms with Gasteiger partial charge in [0.15, 0.2) is 0 Å². The van der Waals surface area contributed by atoms with Crippen LogP contribution in [0.2, 0.25) is 0 Å². The fraction of sp³-hybridized carbons (Fsp3) is 0.278. The summed E-state index contributed by atoms with van der Waals surface area (Å²) >= 11 is 0. The highest BCUT2D eigenvalue weighted by atomic mass is 16.5. The second kappa shape index (κ2) is 5.34. The molecule has 2 aromatic rings. The van der Waals surface area contributed by atoms with Crippen LogP contribution < -0.4 is 5.73 Å². The summed E-state index contributed by atoms with van der Waals surface area (Å²) in [5.74, 6) is -0.323. The van der Waals surface area contributed by atoms with E-state index in [2.05, 4.69) is 12.1 Å². The van der Waals surface area contributed by atoms with Crippen molar-refractivity contribution in [3.05, 3.63) is 59.7 Å². The lowest BCUT2D eigenvalue weighted by atomic mass is 9.88. The molecule has 0 aromatic heterocycles. The standard InChI is InChI=1S/C18H19NO2/c1-2-21-17(20)18(19)11-13-7-3-5-9-15(13)16-10-6-4-8-14(16)12-18/h3-10H,2,11-12,19H2,1H3. The molecule has 0 radical (unpaired) electrons. The summed E-state index contributed by atoms with van der Waals surface area (Å²) in [6.45, 7) is 2.15. The number of esters is 1. The Hall–Kier alpha value is -2.13. The minimum atomic E-state index is -1.00. The molecule has 3 rings (SSSR count). The summed E-state index contributed by atoms with van der Waals surface area (Å²) in [6.07, 6.45) is 0.993. The Bertz CT molecular complexity index is 631. The van der Waals surface area contributed by atoms with Gasteiger partial charge in [0.05, 0.1) is 6.61 Å². The summed E-state index contributed by atoms with van der Waals surface area (Å²) in [7, 11) is 0. The van der Waals surface area contributed by atoms with Crippen LogP contribution >= 0.6 is 0 Å². The topological polar surface area (TPSA) is 52.3 Å². The highest BCUT2D eigenvalue weighted by Crippen LogP contribution is 2.35. The number of rotatable bonds is 2. The molecular formula is C18H19NO2. The van der Waals surface area contributed by atoms with Gasteiger partial charge in [-0.05, 0) is 29.2 Å². The number of hydrogen-bond acceptors (Lipinski definition) is 3. The van der Waals surface area contributed by atoms with Crippen molar-refractivity contribution in [3.63, 3.8) is 0 Å². The van der Waals surface area contributed by atoms with Crippen molar-refractivity contribution in [1.29, 1.82) is 0 Å². The highest BCUT2D eigenvalue weighted by molar-refractivity contribution is 5.84. The molecule has 0 atom stereocenters. The van der Waals surface area contributed by atoms with Gasteiger partial charge in [-0.15, -0.1) is 0 Å². The molecule has 108 valence electrons. The number of fused-ring (bicyclic) bond motifs is 3. The summed E-state index contributed by atoms with van der Waals surface area (Å²) < 4.78 is 5.21. The van der Waals surface area contributed by atoms with Gasteiger partial charge in [-0.2, -0.15) is 0 Å². The Morgan fingerprint density at radius 3 is 2.00 bits per heavy atom. The average molecular weight is 281 g/mol. The number of benzene rings is 2. The molecular weight excluding hydrogens is 262 g/mol. The van der Waals surface area contributed by atoms with E-state index < -0.39 is 5.54 Å². The molecule has 3 nitrogen and oxygen atoms in total. The Balaban J connectivity index is 2.15. The lowest BCUT2D eigenvalue weighted by Crippen LogP contribution is -2.52. The third kappa shape index (κ3) is 2.45. The van der Waals surface area contributed by atoms with Gasteiger partial charge in [-0.1, -0.05) is 48.5 Å². The SMILES string of the molecule is CCOC(=O)C1(N)Cc2ccccc2-c2ccccc2C1. The molecule has 21 heavy (non-hydrogen) atoms. The Morgan fingerprint density at radius 2 is 1.52 bits per heavy atom. The van der Waals surface area contributed by atoms with Crippen LogP contribution in [0.15, 0.2) is 48.5 Å². The predicted molar refractivity (Wildman–Crippen MR) is 82.8 cm³/mol. The molecule has 0 aliphatic heterocycles. The van der Waals surface area contributed by atoms with Crippen molar-refractivity contribution < 1.29 is 9.53 Å². The van der Waals surface area contributed by atoms with Crippen LogP contribution in [0.3, 0.4) is 0 Å². The Morgan fingerprint density at radius 1 is 1.05 bits per heavy atom. The minimum Gasteiger partial charge on any atom is -0.465 e. The van der Waals surface area contributed by atoms with Gasteiger partial charge in [-0.3, -0.25) is 4.79 Å². The van der Waals surface area contributed by atoms with E-state index in [4.69, 9.17) is 10.5 Å². The summed E-state index contributed by atoms with van der Waals surface area (Å²) in [4.78, 5) is 12.3. The number of nitrogens with two attached hydrogens (primary N) is 1. The van der Waals surface area contributed by atoms with Crippen LogP contribution in [-0.2, 0) is 22.4 Å². The number of carbonyl (C=O) groups is 1. The molecule has 0 unspecified atom stereocenters. The van der Waals surface area contributed by atoms with Gasteiger partial charge in [0.25, 0.3) is 0 Å². The molecule has 0 bridgehead atoms. The third-order valence-electron chi connectivity index (χ3n) is 4.02. The minimum absolute atomic E-state index is 0.323. The van der Waals surface area contributed by atoms with Crippen molar-refractivity contribution >= 4 is 5.97 Å². The van der Waals surface area contributed by atoms with Gasteiger partial charge >= 0.3 is 5.97 Å². The van der Waals surface area contributed by atoms with Crippen molar-refractivity contribution in [3.8, 4) is 11.1 Å². The fourth-order valence-corrected chi connectivity index (χ4v) is 3.04. The maximum absolute atomic E-state index is 12.3. The number of ether oxygens (including phenoxy) is 1. The third-order valence-corrected chi connectivity index (χ3v) is 4.02. The molecule has 0 spiro atoms. The molecule has 0 saturated carbocycles. The highest BCUT2D eigenvalue weighted by Gasteiger charge is 2.39. The smallest absolute Gasteiger partial charge is 0.326 e. The van der Waals surface area contributed by atoms with Crippen molar-refractivity contribution in [2.75, 3.05) is 6.61 Å². The summed E-state index contributed by atoms with van der Waals surface area (Å²) in [5, 5.41) is 0. The first-order valence-electron chi connectivity index (χ1n) is 7.26.